The van der Waals surface area contributed by atoms with Gasteiger partial charge in [-0.25, -0.2) is 0 Å². The molecule has 1 amide bonds. The standard InChI is InChI=1S/C21H22N4O2/c1-15-3-2-4-19-20(15)18(21(27)23-19)13-22-16-5-7-17(8-6-16)25-11-9-24(14-26)10-12-25/h2-8,13-14,23,27H,9-12H2,1H3. The summed E-state index contributed by atoms with van der Waals surface area (Å²) in [6.45, 7) is 5.20. The minimum Gasteiger partial charge on any atom is -0.494 e. The Hall–Kier alpha value is -3.28. The molecule has 1 aliphatic rings. The van der Waals surface area contributed by atoms with Crippen molar-refractivity contribution in [1.29, 1.82) is 0 Å². The fourth-order valence-corrected chi connectivity index (χ4v) is 3.54. The zero-order chi connectivity index (χ0) is 18.8. The maximum absolute atomic E-state index is 10.8. The summed E-state index contributed by atoms with van der Waals surface area (Å²) in [4.78, 5) is 22.4. The summed E-state index contributed by atoms with van der Waals surface area (Å²) in [5.41, 5.74) is 4.66. The summed E-state index contributed by atoms with van der Waals surface area (Å²) in [6.07, 6.45) is 2.62. The van der Waals surface area contributed by atoms with Gasteiger partial charge in [0.05, 0.1) is 11.3 Å². The Morgan fingerprint density at radius 1 is 1.07 bits per heavy atom. The fraction of sp³-hybridized carbons (Fsp3) is 0.238. The van der Waals surface area contributed by atoms with Crippen molar-refractivity contribution in [3.63, 3.8) is 0 Å². The van der Waals surface area contributed by atoms with Crippen molar-refractivity contribution in [2.75, 3.05) is 31.1 Å². The van der Waals surface area contributed by atoms with Crippen molar-refractivity contribution in [2.45, 2.75) is 6.92 Å². The molecule has 0 aliphatic carbocycles. The molecule has 1 aliphatic heterocycles. The van der Waals surface area contributed by atoms with E-state index in [9.17, 15) is 9.90 Å². The summed E-state index contributed by atoms with van der Waals surface area (Å²) in [6, 6.07) is 14.0. The Morgan fingerprint density at radius 2 is 1.81 bits per heavy atom. The van der Waals surface area contributed by atoms with Gasteiger partial charge in [0.1, 0.15) is 0 Å². The van der Waals surface area contributed by atoms with E-state index in [0.717, 1.165) is 60.4 Å². The lowest BCUT2D eigenvalue weighted by molar-refractivity contribution is -0.118. The predicted octanol–water partition coefficient (Wildman–Crippen LogP) is 3.21. The Kier molecular flexibility index (Phi) is 4.54. The van der Waals surface area contributed by atoms with Crippen molar-refractivity contribution in [2.24, 2.45) is 4.99 Å². The van der Waals surface area contributed by atoms with Crippen LogP contribution in [0.5, 0.6) is 5.88 Å². The van der Waals surface area contributed by atoms with Crippen molar-refractivity contribution in [1.82, 2.24) is 9.88 Å². The second kappa shape index (κ2) is 7.15. The first kappa shape index (κ1) is 17.1. The molecule has 0 atom stereocenters. The molecule has 0 spiro atoms. The number of hydrogen-bond donors (Lipinski definition) is 2. The van der Waals surface area contributed by atoms with Crippen LogP contribution in [-0.2, 0) is 4.79 Å². The molecule has 6 nitrogen and oxygen atoms in total. The molecule has 1 saturated heterocycles. The van der Waals surface area contributed by atoms with Gasteiger partial charge in [-0.05, 0) is 42.8 Å². The zero-order valence-electron chi connectivity index (χ0n) is 15.2. The SMILES string of the molecule is Cc1cccc2[nH]c(O)c(C=Nc3ccc(N4CCN(C=O)CC4)cc3)c12. The number of nitrogens with one attached hydrogen (secondary N) is 1. The number of carbonyl (C=O) groups is 1. The molecule has 1 fully saturated rings. The van der Waals surface area contributed by atoms with E-state index in [-0.39, 0.29) is 5.88 Å². The number of fused-ring (bicyclic) bond motifs is 1. The van der Waals surface area contributed by atoms with Crippen LogP contribution < -0.4 is 4.90 Å². The number of carbonyl (C=O) groups excluding carboxylic acids is 1. The number of aryl methyl sites for hydroxylation is 1. The lowest BCUT2D eigenvalue weighted by Gasteiger charge is -2.34. The summed E-state index contributed by atoms with van der Waals surface area (Å²) < 4.78 is 0. The van der Waals surface area contributed by atoms with Gasteiger partial charge in [0, 0.05) is 49.0 Å². The van der Waals surface area contributed by atoms with Gasteiger partial charge in [0.25, 0.3) is 0 Å². The Balaban J connectivity index is 1.52. The number of benzene rings is 2. The van der Waals surface area contributed by atoms with Crippen LogP contribution in [0.2, 0.25) is 0 Å². The largest absolute Gasteiger partial charge is 0.494 e. The molecule has 3 aromatic rings. The molecule has 138 valence electrons. The Bertz CT molecular complexity index is 983. The molecule has 1 aromatic heterocycles. The van der Waals surface area contributed by atoms with E-state index in [1.54, 1.807) is 11.1 Å². The molecule has 6 heteroatoms. The molecule has 2 aromatic carbocycles. The maximum atomic E-state index is 10.8. The zero-order valence-corrected chi connectivity index (χ0v) is 15.2. The number of aromatic nitrogens is 1. The van der Waals surface area contributed by atoms with Crippen LogP contribution in [0, 0.1) is 6.92 Å². The molecule has 0 unspecified atom stereocenters. The lowest BCUT2D eigenvalue weighted by Crippen LogP contribution is -2.45. The number of anilines is 1. The highest BCUT2D eigenvalue weighted by Crippen LogP contribution is 2.29. The first-order valence-electron chi connectivity index (χ1n) is 9.04. The number of aromatic amines is 1. The molecule has 2 N–H and O–H groups in total. The molecule has 2 heterocycles. The van der Waals surface area contributed by atoms with E-state index < -0.39 is 0 Å². The average molecular weight is 362 g/mol. The van der Waals surface area contributed by atoms with Crippen LogP contribution in [0.1, 0.15) is 11.1 Å². The predicted molar refractivity (Wildman–Crippen MR) is 108 cm³/mol. The van der Waals surface area contributed by atoms with Crippen molar-refractivity contribution in [3.8, 4) is 5.88 Å². The van der Waals surface area contributed by atoms with Gasteiger partial charge in [0.15, 0.2) is 5.88 Å². The minimum absolute atomic E-state index is 0.132. The first-order valence-corrected chi connectivity index (χ1v) is 9.04. The normalized spacial score (nSPS) is 15.0. The highest BCUT2D eigenvalue weighted by Gasteiger charge is 2.15. The third-order valence-corrected chi connectivity index (χ3v) is 5.07. The van der Waals surface area contributed by atoms with Gasteiger partial charge in [-0.2, -0.15) is 0 Å². The van der Waals surface area contributed by atoms with Gasteiger partial charge in [-0.1, -0.05) is 12.1 Å². The van der Waals surface area contributed by atoms with Crippen molar-refractivity contribution < 1.29 is 9.90 Å². The van der Waals surface area contributed by atoms with Crippen molar-refractivity contribution in [3.05, 3.63) is 53.6 Å². The van der Waals surface area contributed by atoms with Crippen LogP contribution in [0.4, 0.5) is 11.4 Å². The molecule has 27 heavy (non-hydrogen) atoms. The van der Waals surface area contributed by atoms with E-state index in [1.165, 1.54) is 0 Å². The number of aliphatic imine (C=N–C) groups is 1. The van der Waals surface area contributed by atoms with E-state index in [1.807, 2.05) is 49.4 Å². The minimum atomic E-state index is 0.132. The quantitative estimate of drug-likeness (QED) is 0.553. The number of amides is 1. The van der Waals surface area contributed by atoms with Crippen LogP contribution in [0.15, 0.2) is 47.5 Å². The highest BCUT2D eigenvalue weighted by molar-refractivity contribution is 6.04. The van der Waals surface area contributed by atoms with Gasteiger partial charge < -0.3 is 19.9 Å². The number of rotatable bonds is 4. The average Bonchev–Trinajstić information content (AvgIpc) is 3.03. The van der Waals surface area contributed by atoms with Gasteiger partial charge >= 0.3 is 0 Å². The van der Waals surface area contributed by atoms with E-state index >= 15 is 0 Å². The summed E-state index contributed by atoms with van der Waals surface area (Å²) >= 11 is 0. The van der Waals surface area contributed by atoms with Crippen LogP contribution in [0.25, 0.3) is 10.9 Å². The third kappa shape index (κ3) is 3.38. The van der Waals surface area contributed by atoms with Gasteiger partial charge in [-0.3, -0.25) is 9.79 Å². The monoisotopic (exact) mass is 362 g/mol. The second-order valence-electron chi connectivity index (χ2n) is 6.79. The van der Waals surface area contributed by atoms with Gasteiger partial charge in [-0.15, -0.1) is 0 Å². The van der Waals surface area contributed by atoms with E-state index in [4.69, 9.17) is 0 Å². The maximum Gasteiger partial charge on any atom is 0.209 e. The highest BCUT2D eigenvalue weighted by atomic mass is 16.3. The topological polar surface area (TPSA) is 71.9 Å². The summed E-state index contributed by atoms with van der Waals surface area (Å²) in [5.74, 6) is 0.132. The molecular formula is C21H22N4O2. The molecule has 0 radical (unpaired) electrons. The third-order valence-electron chi connectivity index (χ3n) is 5.07. The van der Waals surface area contributed by atoms with E-state index in [2.05, 4.69) is 14.9 Å². The number of piperazine rings is 1. The van der Waals surface area contributed by atoms with E-state index in [0.29, 0.717) is 5.56 Å². The van der Waals surface area contributed by atoms with Crippen LogP contribution in [0.3, 0.4) is 0 Å². The smallest absolute Gasteiger partial charge is 0.209 e. The number of aromatic hydroxyl groups is 1. The lowest BCUT2D eigenvalue weighted by atomic mass is 10.1. The van der Waals surface area contributed by atoms with Crippen LogP contribution in [-0.4, -0.2) is 53.8 Å². The Labute approximate surface area is 157 Å². The number of hydrogen-bond acceptors (Lipinski definition) is 4. The molecule has 0 saturated carbocycles. The molecular weight excluding hydrogens is 340 g/mol. The Morgan fingerprint density at radius 3 is 2.52 bits per heavy atom. The molecule has 4 rings (SSSR count). The van der Waals surface area contributed by atoms with Crippen molar-refractivity contribution >= 4 is 34.9 Å². The summed E-state index contributed by atoms with van der Waals surface area (Å²) in [7, 11) is 0. The second-order valence-corrected chi connectivity index (χ2v) is 6.79. The molecule has 0 bridgehead atoms. The van der Waals surface area contributed by atoms with Gasteiger partial charge in [0.2, 0.25) is 6.41 Å². The van der Waals surface area contributed by atoms with Crippen LogP contribution >= 0.6 is 0 Å². The fourth-order valence-electron chi connectivity index (χ4n) is 3.54. The summed E-state index contributed by atoms with van der Waals surface area (Å²) in [5, 5.41) is 11.2. The number of nitrogens with zero attached hydrogens (tertiary/aromatic N) is 3. The number of H-pyrrole nitrogens is 1. The first-order chi connectivity index (χ1) is 13.2.